The molecule has 0 amide bonds. The Kier molecular flexibility index (Phi) is 5.79. The van der Waals surface area contributed by atoms with E-state index in [1.807, 2.05) is 6.07 Å². The summed E-state index contributed by atoms with van der Waals surface area (Å²) in [5, 5.41) is 0. The standard InChI is InChI=1S/C19H30N2O2/c1-22-18-10-6-7-16(19(18)23-2)15-20-11-13-21(14-12-20)17-8-4-3-5-9-17/h6-7,10,17H,3-5,8-9,11-15H2,1-2H3. The number of hydrogen-bond donors (Lipinski definition) is 0. The van der Waals surface area contributed by atoms with Gasteiger partial charge in [-0.05, 0) is 18.9 Å². The third-order valence-electron chi connectivity index (χ3n) is 5.38. The average Bonchev–Trinajstić information content (AvgIpc) is 2.63. The lowest BCUT2D eigenvalue weighted by molar-refractivity contribution is 0.0751. The second kappa shape index (κ2) is 8.02. The van der Waals surface area contributed by atoms with Gasteiger partial charge in [0.1, 0.15) is 0 Å². The van der Waals surface area contributed by atoms with Crippen LogP contribution in [0.5, 0.6) is 11.5 Å². The van der Waals surface area contributed by atoms with Crippen LogP contribution in [-0.2, 0) is 6.54 Å². The first-order valence-corrected chi connectivity index (χ1v) is 8.98. The van der Waals surface area contributed by atoms with E-state index in [4.69, 9.17) is 9.47 Å². The molecule has 23 heavy (non-hydrogen) atoms. The Morgan fingerprint density at radius 2 is 1.70 bits per heavy atom. The van der Waals surface area contributed by atoms with Crippen LogP contribution in [0, 0.1) is 0 Å². The molecular formula is C19H30N2O2. The van der Waals surface area contributed by atoms with Gasteiger partial charge in [0.25, 0.3) is 0 Å². The van der Waals surface area contributed by atoms with Crippen LogP contribution in [0.4, 0.5) is 0 Å². The Labute approximate surface area is 140 Å². The van der Waals surface area contributed by atoms with Gasteiger partial charge in [-0.3, -0.25) is 9.80 Å². The van der Waals surface area contributed by atoms with Gasteiger partial charge in [-0.2, -0.15) is 0 Å². The van der Waals surface area contributed by atoms with Crippen molar-refractivity contribution in [3.8, 4) is 11.5 Å². The maximum Gasteiger partial charge on any atom is 0.165 e. The van der Waals surface area contributed by atoms with Gasteiger partial charge in [-0.25, -0.2) is 0 Å². The molecule has 0 spiro atoms. The van der Waals surface area contributed by atoms with Crippen LogP contribution in [0.15, 0.2) is 18.2 Å². The highest BCUT2D eigenvalue weighted by Crippen LogP contribution is 2.32. The molecule has 4 heteroatoms. The zero-order valence-corrected chi connectivity index (χ0v) is 14.6. The topological polar surface area (TPSA) is 24.9 Å². The SMILES string of the molecule is COc1cccc(CN2CCN(C3CCCCC3)CC2)c1OC. The van der Waals surface area contributed by atoms with Crippen molar-refractivity contribution >= 4 is 0 Å². The summed E-state index contributed by atoms with van der Waals surface area (Å²) < 4.78 is 11.0. The van der Waals surface area contributed by atoms with Gasteiger partial charge in [0.15, 0.2) is 11.5 Å². The molecule has 2 fully saturated rings. The molecule has 128 valence electrons. The normalized spacial score (nSPS) is 21.3. The Hall–Kier alpha value is -1.26. The van der Waals surface area contributed by atoms with Crippen molar-refractivity contribution in [2.45, 2.75) is 44.7 Å². The van der Waals surface area contributed by atoms with E-state index in [0.717, 1.165) is 37.2 Å². The predicted octanol–water partition coefficient (Wildman–Crippen LogP) is 3.15. The number of para-hydroxylation sites is 1. The molecule has 1 heterocycles. The van der Waals surface area contributed by atoms with E-state index in [2.05, 4.69) is 21.9 Å². The minimum absolute atomic E-state index is 0.825. The van der Waals surface area contributed by atoms with Crippen LogP contribution in [0.25, 0.3) is 0 Å². The number of methoxy groups -OCH3 is 2. The molecule has 3 rings (SSSR count). The molecule has 0 aromatic heterocycles. The smallest absolute Gasteiger partial charge is 0.165 e. The zero-order chi connectivity index (χ0) is 16.1. The van der Waals surface area contributed by atoms with Crippen LogP contribution in [0.2, 0.25) is 0 Å². The van der Waals surface area contributed by atoms with Gasteiger partial charge in [0, 0.05) is 44.3 Å². The highest BCUT2D eigenvalue weighted by molar-refractivity contribution is 5.46. The van der Waals surface area contributed by atoms with Crippen molar-refractivity contribution < 1.29 is 9.47 Å². The second-order valence-electron chi connectivity index (χ2n) is 6.76. The molecule has 1 aliphatic heterocycles. The first kappa shape index (κ1) is 16.6. The molecule has 0 radical (unpaired) electrons. The van der Waals surface area contributed by atoms with E-state index in [0.29, 0.717) is 0 Å². The van der Waals surface area contributed by atoms with Crippen molar-refractivity contribution in [1.29, 1.82) is 0 Å². The van der Waals surface area contributed by atoms with Crippen LogP contribution >= 0.6 is 0 Å². The van der Waals surface area contributed by atoms with Crippen molar-refractivity contribution in [2.24, 2.45) is 0 Å². The van der Waals surface area contributed by atoms with E-state index < -0.39 is 0 Å². The Morgan fingerprint density at radius 3 is 2.35 bits per heavy atom. The lowest BCUT2D eigenvalue weighted by Gasteiger charge is -2.40. The van der Waals surface area contributed by atoms with Gasteiger partial charge >= 0.3 is 0 Å². The van der Waals surface area contributed by atoms with Crippen molar-refractivity contribution in [2.75, 3.05) is 40.4 Å². The first-order valence-electron chi connectivity index (χ1n) is 8.98. The van der Waals surface area contributed by atoms with E-state index >= 15 is 0 Å². The molecular weight excluding hydrogens is 288 g/mol. The molecule has 1 aromatic rings. The van der Waals surface area contributed by atoms with Crippen molar-refractivity contribution in [1.82, 2.24) is 9.80 Å². The summed E-state index contributed by atoms with van der Waals surface area (Å²) in [5.74, 6) is 1.70. The van der Waals surface area contributed by atoms with Gasteiger partial charge in [0.2, 0.25) is 0 Å². The summed E-state index contributed by atoms with van der Waals surface area (Å²) in [5.41, 5.74) is 1.22. The number of nitrogens with zero attached hydrogens (tertiary/aromatic N) is 2. The molecule has 0 N–H and O–H groups in total. The van der Waals surface area contributed by atoms with Crippen LogP contribution in [-0.4, -0.2) is 56.2 Å². The quantitative estimate of drug-likeness (QED) is 0.832. The Morgan fingerprint density at radius 1 is 0.957 bits per heavy atom. The van der Waals surface area contributed by atoms with Crippen LogP contribution in [0.1, 0.15) is 37.7 Å². The molecule has 0 bridgehead atoms. The molecule has 1 saturated heterocycles. The maximum absolute atomic E-state index is 5.56. The summed E-state index contributed by atoms with van der Waals surface area (Å²) >= 11 is 0. The molecule has 1 aliphatic carbocycles. The first-order chi connectivity index (χ1) is 11.3. The third-order valence-corrected chi connectivity index (χ3v) is 5.38. The predicted molar refractivity (Wildman–Crippen MR) is 93.3 cm³/mol. The summed E-state index contributed by atoms with van der Waals surface area (Å²) in [6, 6.07) is 7.00. The zero-order valence-electron chi connectivity index (χ0n) is 14.6. The highest BCUT2D eigenvalue weighted by atomic mass is 16.5. The van der Waals surface area contributed by atoms with Crippen molar-refractivity contribution in [3.63, 3.8) is 0 Å². The number of piperazine rings is 1. The van der Waals surface area contributed by atoms with Crippen molar-refractivity contribution in [3.05, 3.63) is 23.8 Å². The highest BCUT2D eigenvalue weighted by Gasteiger charge is 2.25. The molecule has 4 nitrogen and oxygen atoms in total. The fourth-order valence-electron chi connectivity index (χ4n) is 4.05. The minimum Gasteiger partial charge on any atom is -0.493 e. The third kappa shape index (κ3) is 3.99. The fourth-order valence-corrected chi connectivity index (χ4v) is 4.05. The molecule has 1 saturated carbocycles. The van der Waals surface area contributed by atoms with Crippen LogP contribution < -0.4 is 9.47 Å². The van der Waals surface area contributed by atoms with E-state index in [1.165, 1.54) is 50.8 Å². The molecule has 1 aromatic carbocycles. The van der Waals surface area contributed by atoms with E-state index in [9.17, 15) is 0 Å². The summed E-state index contributed by atoms with van der Waals surface area (Å²) in [4.78, 5) is 5.26. The summed E-state index contributed by atoms with van der Waals surface area (Å²) in [6.07, 6.45) is 7.09. The van der Waals surface area contributed by atoms with Gasteiger partial charge in [0.05, 0.1) is 14.2 Å². The maximum atomic E-state index is 5.56. The van der Waals surface area contributed by atoms with Crippen LogP contribution in [0.3, 0.4) is 0 Å². The van der Waals surface area contributed by atoms with Gasteiger partial charge in [-0.1, -0.05) is 31.4 Å². The Bertz CT molecular complexity index is 492. The minimum atomic E-state index is 0.825. The molecule has 0 unspecified atom stereocenters. The number of hydrogen-bond acceptors (Lipinski definition) is 4. The largest absolute Gasteiger partial charge is 0.493 e. The molecule has 0 atom stereocenters. The second-order valence-corrected chi connectivity index (χ2v) is 6.76. The number of rotatable bonds is 5. The van der Waals surface area contributed by atoms with E-state index in [-0.39, 0.29) is 0 Å². The number of ether oxygens (including phenoxy) is 2. The molecule has 2 aliphatic rings. The van der Waals surface area contributed by atoms with E-state index in [1.54, 1.807) is 14.2 Å². The number of benzene rings is 1. The summed E-state index contributed by atoms with van der Waals surface area (Å²) in [7, 11) is 3.42. The Balaban J connectivity index is 1.56. The fraction of sp³-hybridized carbons (Fsp3) is 0.684. The lowest BCUT2D eigenvalue weighted by atomic mass is 9.94. The summed E-state index contributed by atoms with van der Waals surface area (Å²) in [6.45, 7) is 5.65. The average molecular weight is 318 g/mol. The van der Waals surface area contributed by atoms with Gasteiger partial charge < -0.3 is 9.47 Å². The van der Waals surface area contributed by atoms with Gasteiger partial charge in [-0.15, -0.1) is 0 Å². The monoisotopic (exact) mass is 318 g/mol. The lowest BCUT2D eigenvalue weighted by Crippen LogP contribution is -2.50.